The molecule has 0 radical (unpaired) electrons. The zero-order valence-electron chi connectivity index (χ0n) is 24.4. The summed E-state index contributed by atoms with van der Waals surface area (Å²) in [4.78, 5) is 21.5. The van der Waals surface area contributed by atoms with Crippen molar-refractivity contribution in [1.29, 1.82) is 0 Å². The lowest BCUT2D eigenvalue weighted by atomic mass is 10.1. The molecule has 2 bridgehead atoms. The van der Waals surface area contributed by atoms with Gasteiger partial charge in [-0.1, -0.05) is 17.7 Å². The van der Waals surface area contributed by atoms with Gasteiger partial charge in [-0.15, -0.1) is 10.2 Å². The number of piperazine rings is 1. The number of hydrogen-bond donors (Lipinski definition) is 2. The first-order valence-corrected chi connectivity index (χ1v) is 14.9. The van der Waals surface area contributed by atoms with E-state index >= 15 is 0 Å². The molecule has 2 fully saturated rings. The van der Waals surface area contributed by atoms with Gasteiger partial charge < -0.3 is 25.2 Å². The minimum atomic E-state index is -0.501. The van der Waals surface area contributed by atoms with Crippen LogP contribution in [-0.4, -0.2) is 69.2 Å². The van der Waals surface area contributed by atoms with E-state index in [0.717, 1.165) is 12.2 Å². The summed E-state index contributed by atoms with van der Waals surface area (Å²) in [5.74, 6) is 2.17. The fourth-order valence-corrected chi connectivity index (χ4v) is 6.24. The number of nitrogen functional groups attached to an aromatic ring is 2. The Kier molecular flexibility index (Phi) is 6.95. The molecule has 2 saturated heterocycles. The summed E-state index contributed by atoms with van der Waals surface area (Å²) < 4.78 is 41.6. The van der Waals surface area contributed by atoms with Crippen LogP contribution in [0.5, 0.6) is 0 Å². The summed E-state index contributed by atoms with van der Waals surface area (Å²) in [6.45, 7) is 1.68. The highest BCUT2D eigenvalue weighted by Crippen LogP contribution is 2.36. The van der Waals surface area contributed by atoms with Crippen molar-refractivity contribution in [2.45, 2.75) is 25.0 Å². The van der Waals surface area contributed by atoms with Crippen LogP contribution in [0.3, 0.4) is 0 Å². The second-order valence-corrected chi connectivity index (χ2v) is 11.5. The standard InChI is InChI=1S/C21H19F2N7O.C9H6ClN5O/c22-15-3-1-4-16(23)14(15)11-28-9-13-7-12(28)10-29(13)18-8-19-25-20(17-5-2-6-31-17)27-30(19)21(24)26-18;10-6-4-7-13-8(5-2-1-3-16-5)14-15(7)9(11)12-6/h1-6,8,12-13H,7,9-11H2,(H2,24,26);1-4H,(H2,11,12). The maximum atomic E-state index is 14.1. The molecule has 14 nitrogen and oxygen atoms in total. The number of anilines is 3. The highest BCUT2D eigenvalue weighted by Gasteiger charge is 2.44. The van der Waals surface area contributed by atoms with E-state index in [4.69, 9.17) is 31.9 Å². The third-order valence-electron chi connectivity index (χ3n) is 8.21. The fraction of sp³-hybridized carbons (Fsp3) is 0.200. The monoisotopic (exact) mass is 658 g/mol. The Labute approximate surface area is 269 Å². The summed E-state index contributed by atoms with van der Waals surface area (Å²) in [6.07, 6.45) is 4.02. The molecule has 9 rings (SSSR count). The summed E-state index contributed by atoms with van der Waals surface area (Å²) in [5.41, 5.74) is 13.0. The van der Waals surface area contributed by atoms with E-state index in [1.807, 2.05) is 6.07 Å². The van der Waals surface area contributed by atoms with E-state index in [1.165, 1.54) is 27.2 Å². The van der Waals surface area contributed by atoms with Gasteiger partial charge in [0.05, 0.1) is 12.5 Å². The zero-order chi connectivity index (χ0) is 32.2. The maximum absolute atomic E-state index is 14.1. The van der Waals surface area contributed by atoms with Gasteiger partial charge in [0, 0.05) is 49.4 Å². The molecule has 2 unspecified atom stereocenters. The summed E-state index contributed by atoms with van der Waals surface area (Å²) in [5, 5.41) is 8.81. The third-order valence-corrected chi connectivity index (χ3v) is 8.40. The Bertz CT molecular complexity index is 2200. The molecule has 238 valence electrons. The van der Waals surface area contributed by atoms with E-state index in [-0.39, 0.29) is 41.2 Å². The molecule has 2 atom stereocenters. The maximum Gasteiger partial charge on any atom is 0.225 e. The number of benzene rings is 1. The first-order valence-electron chi connectivity index (χ1n) is 14.5. The van der Waals surface area contributed by atoms with Gasteiger partial charge in [0.15, 0.2) is 22.8 Å². The minimum absolute atomic E-state index is 0.124. The molecule has 7 aromatic rings. The van der Waals surface area contributed by atoms with Crippen LogP contribution in [0.1, 0.15) is 12.0 Å². The van der Waals surface area contributed by atoms with Gasteiger partial charge in [-0.3, -0.25) is 4.90 Å². The smallest absolute Gasteiger partial charge is 0.225 e. The molecule has 0 saturated carbocycles. The van der Waals surface area contributed by atoms with Crippen LogP contribution in [0, 0.1) is 11.6 Å². The van der Waals surface area contributed by atoms with Gasteiger partial charge in [-0.05, 0) is 42.8 Å². The number of hydrogen-bond acceptors (Lipinski definition) is 12. The van der Waals surface area contributed by atoms with Gasteiger partial charge in [0.2, 0.25) is 23.5 Å². The molecule has 17 heteroatoms. The topological polar surface area (TPSA) is 171 Å². The number of rotatable bonds is 5. The molecule has 2 aliphatic heterocycles. The van der Waals surface area contributed by atoms with E-state index in [2.05, 4.69) is 39.9 Å². The lowest BCUT2D eigenvalue weighted by Gasteiger charge is -2.35. The lowest BCUT2D eigenvalue weighted by molar-refractivity contribution is 0.224. The molecule has 0 spiro atoms. The van der Waals surface area contributed by atoms with Crippen LogP contribution in [0.2, 0.25) is 5.15 Å². The first-order chi connectivity index (χ1) is 22.8. The minimum Gasteiger partial charge on any atom is -0.461 e. The third kappa shape index (κ3) is 5.26. The molecular weight excluding hydrogens is 634 g/mol. The largest absolute Gasteiger partial charge is 0.461 e. The van der Waals surface area contributed by atoms with Crippen molar-refractivity contribution in [3.63, 3.8) is 0 Å². The van der Waals surface area contributed by atoms with Crippen LogP contribution in [-0.2, 0) is 6.54 Å². The van der Waals surface area contributed by atoms with Gasteiger partial charge in [0.25, 0.3) is 0 Å². The van der Waals surface area contributed by atoms with E-state index in [0.29, 0.717) is 47.6 Å². The first kappa shape index (κ1) is 28.8. The molecular formula is C30H25ClF2N12O2. The second-order valence-electron chi connectivity index (χ2n) is 11.1. The van der Waals surface area contributed by atoms with Gasteiger partial charge >= 0.3 is 0 Å². The van der Waals surface area contributed by atoms with Gasteiger partial charge in [0.1, 0.15) is 22.6 Å². The Morgan fingerprint density at radius 3 is 1.96 bits per heavy atom. The SMILES string of the molecule is Nc1nc(Cl)cc2nc(-c3ccco3)nn12.Nc1nc(N2CC3CC2CN3Cc2c(F)cccc2F)cc2nc(-c3ccco3)nn12. The predicted molar refractivity (Wildman–Crippen MR) is 167 cm³/mol. The molecule has 4 N–H and O–H groups in total. The van der Waals surface area contributed by atoms with Crippen LogP contribution < -0.4 is 16.4 Å². The summed E-state index contributed by atoms with van der Waals surface area (Å²) >= 11 is 5.76. The Hall–Kier alpha value is -5.61. The lowest BCUT2D eigenvalue weighted by Crippen LogP contribution is -2.46. The number of furan rings is 2. The van der Waals surface area contributed by atoms with E-state index in [9.17, 15) is 8.78 Å². The quantitative estimate of drug-likeness (QED) is 0.251. The Balaban J connectivity index is 0.000000170. The summed E-state index contributed by atoms with van der Waals surface area (Å²) in [7, 11) is 0. The number of halogens is 3. The predicted octanol–water partition coefficient (Wildman–Crippen LogP) is 4.33. The number of fused-ring (bicyclic) bond motifs is 4. The summed E-state index contributed by atoms with van der Waals surface area (Å²) in [6, 6.07) is 14.9. The average Bonchev–Trinajstić information content (AvgIpc) is 3.89. The Morgan fingerprint density at radius 1 is 0.766 bits per heavy atom. The zero-order valence-corrected chi connectivity index (χ0v) is 25.2. The van der Waals surface area contributed by atoms with Crippen LogP contribution in [0.4, 0.5) is 26.5 Å². The molecule has 0 aliphatic carbocycles. The molecule has 1 aromatic carbocycles. The van der Waals surface area contributed by atoms with Crippen molar-refractivity contribution in [1.82, 2.24) is 44.1 Å². The second kappa shape index (κ2) is 11.3. The van der Waals surface area contributed by atoms with Crippen molar-refractivity contribution in [2.75, 3.05) is 29.5 Å². The van der Waals surface area contributed by atoms with Crippen molar-refractivity contribution < 1.29 is 17.6 Å². The van der Waals surface area contributed by atoms with Gasteiger partial charge in [-0.25, -0.2) is 23.7 Å². The van der Waals surface area contributed by atoms with Crippen LogP contribution >= 0.6 is 11.6 Å². The number of aromatic nitrogens is 8. The van der Waals surface area contributed by atoms with Crippen LogP contribution in [0.15, 0.2) is 76.0 Å². The van der Waals surface area contributed by atoms with Crippen molar-refractivity contribution in [3.8, 4) is 23.2 Å². The van der Waals surface area contributed by atoms with E-state index in [1.54, 1.807) is 42.9 Å². The molecule has 47 heavy (non-hydrogen) atoms. The average molecular weight is 659 g/mol. The van der Waals surface area contributed by atoms with Crippen molar-refractivity contribution in [2.24, 2.45) is 0 Å². The van der Waals surface area contributed by atoms with Crippen molar-refractivity contribution >= 4 is 40.6 Å². The highest BCUT2D eigenvalue weighted by molar-refractivity contribution is 6.29. The van der Waals surface area contributed by atoms with Crippen LogP contribution in [0.25, 0.3) is 34.5 Å². The Morgan fingerprint density at radius 2 is 1.38 bits per heavy atom. The molecule has 8 heterocycles. The number of nitrogens with zero attached hydrogens (tertiary/aromatic N) is 10. The fourth-order valence-electron chi connectivity index (χ4n) is 6.06. The van der Waals surface area contributed by atoms with Crippen molar-refractivity contribution in [3.05, 3.63) is 89.5 Å². The molecule has 2 aliphatic rings. The number of likely N-dealkylation sites (tertiary alicyclic amines) is 1. The molecule has 0 amide bonds. The van der Waals surface area contributed by atoms with E-state index < -0.39 is 11.6 Å². The highest BCUT2D eigenvalue weighted by atomic mass is 35.5. The van der Waals surface area contributed by atoms with Gasteiger partial charge in [-0.2, -0.15) is 14.0 Å². The normalized spacial score (nSPS) is 17.6. The molecule has 6 aromatic heterocycles. The number of nitrogens with two attached hydrogens (primary N) is 2.